The molecule has 0 spiro atoms. The summed E-state index contributed by atoms with van der Waals surface area (Å²) in [6.07, 6.45) is 2.74. The van der Waals surface area contributed by atoms with Gasteiger partial charge in [-0.05, 0) is 28.1 Å². The topological polar surface area (TPSA) is 77.9 Å². The number of rotatable bonds is 3. The molecule has 2 aromatic rings. The maximum absolute atomic E-state index is 12.4. The molecule has 3 rings (SSSR count). The number of hydrogen-bond acceptors (Lipinski definition) is 6. The van der Waals surface area contributed by atoms with Gasteiger partial charge < -0.3 is 19.3 Å². The van der Waals surface area contributed by atoms with E-state index in [2.05, 4.69) is 20.9 Å². The Hall–Kier alpha value is -2.54. The molecule has 0 atom stereocenters. The van der Waals surface area contributed by atoms with Gasteiger partial charge in [-0.3, -0.25) is 9.78 Å². The van der Waals surface area contributed by atoms with Crippen molar-refractivity contribution < 1.29 is 24.1 Å². The van der Waals surface area contributed by atoms with E-state index in [9.17, 15) is 9.90 Å². The number of methoxy groups -OCH3 is 2. The predicted octanol–water partition coefficient (Wildman–Crippen LogP) is 3.18. The summed E-state index contributed by atoms with van der Waals surface area (Å²) in [5, 5.41) is 9.56. The minimum Gasteiger partial charge on any atom is -0.503 e. The number of aromatic nitrogens is 1. The first kappa shape index (κ1) is 15.4. The zero-order valence-corrected chi connectivity index (χ0v) is 13.9. The fourth-order valence-electron chi connectivity index (χ4n) is 2.18. The van der Waals surface area contributed by atoms with Gasteiger partial charge in [-0.2, -0.15) is 0 Å². The lowest BCUT2D eigenvalue weighted by molar-refractivity contribution is 0.101. The standard InChI is InChI=1S/C16H12BrNO5/c1-21-11-4-3-9-15(20)13(23-16(9)14(11)17)6-8-5-12(22-2)10(19)7-18-8/h3-7,19H,1-2H3/b13-6-. The lowest BCUT2D eigenvalue weighted by Gasteiger charge is -2.06. The largest absolute Gasteiger partial charge is 0.503 e. The van der Waals surface area contributed by atoms with Crippen molar-refractivity contribution in [3.8, 4) is 23.0 Å². The van der Waals surface area contributed by atoms with Crippen molar-refractivity contribution in [1.29, 1.82) is 0 Å². The Morgan fingerprint density at radius 3 is 2.70 bits per heavy atom. The Morgan fingerprint density at radius 1 is 1.26 bits per heavy atom. The van der Waals surface area contributed by atoms with Crippen molar-refractivity contribution in [2.75, 3.05) is 14.2 Å². The van der Waals surface area contributed by atoms with Crippen LogP contribution in [0.5, 0.6) is 23.0 Å². The third-order valence-corrected chi connectivity index (χ3v) is 4.08. The number of fused-ring (bicyclic) bond motifs is 1. The number of allylic oxidation sites excluding steroid dienone is 1. The number of halogens is 1. The Labute approximate surface area is 140 Å². The number of nitrogens with zero attached hydrogens (tertiary/aromatic N) is 1. The second-order valence-corrected chi connectivity index (χ2v) is 5.47. The molecule has 1 aromatic heterocycles. The van der Waals surface area contributed by atoms with Crippen LogP contribution in [0.15, 0.2) is 34.6 Å². The maximum atomic E-state index is 12.4. The van der Waals surface area contributed by atoms with Crippen LogP contribution in [0.3, 0.4) is 0 Å². The smallest absolute Gasteiger partial charge is 0.232 e. The summed E-state index contributed by atoms with van der Waals surface area (Å²) in [6, 6.07) is 4.85. The van der Waals surface area contributed by atoms with Crippen molar-refractivity contribution in [3.63, 3.8) is 0 Å². The summed E-state index contributed by atoms with van der Waals surface area (Å²) in [7, 11) is 2.97. The number of ketones is 1. The van der Waals surface area contributed by atoms with Crippen molar-refractivity contribution in [1.82, 2.24) is 4.98 Å². The van der Waals surface area contributed by atoms with E-state index in [4.69, 9.17) is 14.2 Å². The van der Waals surface area contributed by atoms with Gasteiger partial charge >= 0.3 is 0 Å². The van der Waals surface area contributed by atoms with Crippen LogP contribution in [0, 0.1) is 0 Å². The minimum atomic E-state index is -0.253. The number of hydrogen-bond donors (Lipinski definition) is 1. The number of ether oxygens (including phenoxy) is 3. The number of carbonyl (C=O) groups is 1. The summed E-state index contributed by atoms with van der Waals surface area (Å²) in [4.78, 5) is 16.4. The fraction of sp³-hybridized carbons (Fsp3) is 0.125. The highest BCUT2D eigenvalue weighted by molar-refractivity contribution is 9.10. The number of aromatic hydroxyl groups is 1. The summed E-state index contributed by atoms with van der Waals surface area (Å²) in [5.41, 5.74) is 0.869. The van der Waals surface area contributed by atoms with Crippen LogP contribution >= 0.6 is 15.9 Å². The van der Waals surface area contributed by atoms with E-state index in [1.54, 1.807) is 12.1 Å². The Balaban J connectivity index is 2.00. The third-order valence-electron chi connectivity index (χ3n) is 3.33. The van der Waals surface area contributed by atoms with Gasteiger partial charge in [0.15, 0.2) is 23.0 Å². The van der Waals surface area contributed by atoms with Crippen LogP contribution in [0.1, 0.15) is 16.1 Å². The number of carbonyl (C=O) groups excluding carboxylic acids is 1. The molecule has 23 heavy (non-hydrogen) atoms. The van der Waals surface area contributed by atoms with E-state index in [1.807, 2.05) is 0 Å². The first-order valence-electron chi connectivity index (χ1n) is 6.59. The SMILES string of the molecule is COc1cc(/C=C2\Oc3c(ccc(OC)c3Br)C2=O)ncc1O. The molecule has 0 saturated carbocycles. The molecule has 1 aliphatic rings. The second kappa shape index (κ2) is 5.92. The number of Topliss-reactive ketones (excluding diaryl/α,β-unsaturated/α-hetero) is 1. The van der Waals surface area contributed by atoms with E-state index in [0.717, 1.165) is 0 Å². The molecule has 6 nitrogen and oxygen atoms in total. The average Bonchev–Trinajstić information content (AvgIpc) is 2.87. The molecular formula is C16H12BrNO5. The van der Waals surface area contributed by atoms with E-state index in [0.29, 0.717) is 27.2 Å². The van der Waals surface area contributed by atoms with Crippen molar-refractivity contribution in [2.24, 2.45) is 0 Å². The average molecular weight is 378 g/mol. The van der Waals surface area contributed by atoms with Gasteiger partial charge in [0, 0.05) is 12.1 Å². The molecule has 0 bridgehead atoms. The maximum Gasteiger partial charge on any atom is 0.232 e. The highest BCUT2D eigenvalue weighted by atomic mass is 79.9. The molecule has 0 unspecified atom stereocenters. The molecule has 0 amide bonds. The number of pyridine rings is 1. The molecule has 2 heterocycles. The van der Waals surface area contributed by atoms with Gasteiger partial charge in [0.25, 0.3) is 0 Å². The summed E-state index contributed by atoms with van der Waals surface area (Å²) in [5.74, 6) is 1.04. The van der Waals surface area contributed by atoms with Gasteiger partial charge in [-0.1, -0.05) is 0 Å². The van der Waals surface area contributed by atoms with Crippen LogP contribution in [0.25, 0.3) is 6.08 Å². The highest BCUT2D eigenvalue weighted by Gasteiger charge is 2.30. The monoisotopic (exact) mass is 377 g/mol. The van der Waals surface area contributed by atoms with Gasteiger partial charge in [-0.15, -0.1) is 0 Å². The van der Waals surface area contributed by atoms with Crippen LogP contribution in [0.2, 0.25) is 0 Å². The van der Waals surface area contributed by atoms with E-state index >= 15 is 0 Å². The summed E-state index contributed by atoms with van der Waals surface area (Å²) >= 11 is 3.37. The van der Waals surface area contributed by atoms with Crippen LogP contribution in [-0.4, -0.2) is 30.1 Å². The highest BCUT2D eigenvalue weighted by Crippen LogP contribution is 2.43. The van der Waals surface area contributed by atoms with Gasteiger partial charge in [-0.25, -0.2) is 0 Å². The Kier molecular flexibility index (Phi) is 3.96. The van der Waals surface area contributed by atoms with Crippen molar-refractivity contribution in [2.45, 2.75) is 0 Å². The molecule has 118 valence electrons. The fourth-order valence-corrected chi connectivity index (χ4v) is 2.77. The molecule has 0 aliphatic carbocycles. The molecule has 0 fully saturated rings. The molecular weight excluding hydrogens is 366 g/mol. The Bertz CT molecular complexity index is 831. The first-order chi connectivity index (χ1) is 11.0. The van der Waals surface area contributed by atoms with Gasteiger partial charge in [0.05, 0.1) is 31.7 Å². The third kappa shape index (κ3) is 2.63. The Morgan fingerprint density at radius 2 is 2.00 bits per heavy atom. The zero-order valence-electron chi connectivity index (χ0n) is 12.3. The summed E-state index contributed by atoms with van der Waals surface area (Å²) < 4.78 is 16.4. The first-order valence-corrected chi connectivity index (χ1v) is 7.38. The van der Waals surface area contributed by atoms with Gasteiger partial charge in [0.2, 0.25) is 5.78 Å². The van der Waals surface area contributed by atoms with E-state index < -0.39 is 0 Å². The van der Waals surface area contributed by atoms with Crippen molar-refractivity contribution in [3.05, 3.63) is 45.9 Å². The molecule has 0 saturated heterocycles. The van der Waals surface area contributed by atoms with Gasteiger partial charge in [0.1, 0.15) is 10.2 Å². The molecule has 1 N–H and O–H groups in total. The minimum absolute atomic E-state index is 0.0796. The number of benzene rings is 1. The van der Waals surface area contributed by atoms with Crippen LogP contribution in [0.4, 0.5) is 0 Å². The van der Waals surface area contributed by atoms with E-state index in [1.165, 1.54) is 32.6 Å². The van der Waals surface area contributed by atoms with Crippen LogP contribution in [-0.2, 0) is 0 Å². The summed E-state index contributed by atoms with van der Waals surface area (Å²) in [6.45, 7) is 0. The van der Waals surface area contributed by atoms with Crippen molar-refractivity contribution >= 4 is 27.8 Å². The predicted molar refractivity (Wildman–Crippen MR) is 86.1 cm³/mol. The lowest BCUT2D eigenvalue weighted by Crippen LogP contribution is -1.99. The quantitative estimate of drug-likeness (QED) is 0.827. The molecule has 7 heteroatoms. The van der Waals surface area contributed by atoms with Crippen LogP contribution < -0.4 is 14.2 Å². The normalized spacial score (nSPS) is 14.6. The zero-order chi connectivity index (χ0) is 16.6. The molecule has 1 aromatic carbocycles. The second-order valence-electron chi connectivity index (χ2n) is 4.68. The van der Waals surface area contributed by atoms with E-state index in [-0.39, 0.29) is 23.0 Å². The molecule has 1 aliphatic heterocycles. The molecule has 0 radical (unpaired) electrons. The lowest BCUT2D eigenvalue weighted by atomic mass is 10.1.